The summed E-state index contributed by atoms with van der Waals surface area (Å²) in [4.78, 5) is 22.1. The van der Waals surface area contributed by atoms with Gasteiger partial charge in [0.15, 0.2) is 0 Å². The summed E-state index contributed by atoms with van der Waals surface area (Å²) in [5.41, 5.74) is 0.949. The van der Waals surface area contributed by atoms with Gasteiger partial charge in [-0.25, -0.2) is 0 Å². The maximum atomic E-state index is 11.5. The zero-order valence-electron chi connectivity index (χ0n) is 10.9. The first-order valence-corrected chi connectivity index (χ1v) is 6.99. The molecule has 1 atom stereocenters. The Kier molecular flexibility index (Phi) is 4.70. The summed E-state index contributed by atoms with van der Waals surface area (Å²) in [5, 5.41) is 20.5. The maximum Gasteiger partial charge on any atom is 0.311 e. The van der Waals surface area contributed by atoms with Crippen LogP contribution in [0.1, 0.15) is 17.0 Å². The average Bonchev–Trinajstić information content (AvgIpc) is 2.45. The molecule has 0 fully saturated rings. The molecule has 5 nitrogen and oxygen atoms in total. The van der Waals surface area contributed by atoms with E-state index in [0.717, 1.165) is 0 Å². The zero-order valence-corrected chi connectivity index (χ0v) is 12.5. The smallest absolute Gasteiger partial charge is 0.311 e. The molecule has 2 aromatic rings. The summed E-state index contributed by atoms with van der Waals surface area (Å²) in [7, 11) is 0. The second-order valence-corrected chi connectivity index (χ2v) is 5.36. The number of hydrogen-bond donors (Lipinski definition) is 1. The van der Waals surface area contributed by atoms with Crippen LogP contribution in [-0.2, 0) is 11.2 Å². The molecule has 0 spiro atoms. The van der Waals surface area contributed by atoms with E-state index in [0.29, 0.717) is 15.6 Å². The molecular weight excluding hydrogens is 338 g/mol. The molecule has 2 aromatic carbocycles. The van der Waals surface area contributed by atoms with Crippen LogP contribution in [0.15, 0.2) is 53.0 Å². The number of benzene rings is 2. The molecule has 0 heterocycles. The second-order valence-electron chi connectivity index (χ2n) is 4.50. The van der Waals surface area contributed by atoms with E-state index in [-0.39, 0.29) is 12.1 Å². The lowest BCUT2D eigenvalue weighted by atomic mass is 9.91. The van der Waals surface area contributed by atoms with Crippen molar-refractivity contribution in [3.05, 3.63) is 74.2 Å². The van der Waals surface area contributed by atoms with Crippen LogP contribution in [0.2, 0.25) is 0 Å². The molecule has 1 unspecified atom stereocenters. The van der Waals surface area contributed by atoms with Crippen molar-refractivity contribution in [2.24, 2.45) is 0 Å². The topological polar surface area (TPSA) is 80.4 Å². The third-order valence-corrected chi connectivity index (χ3v) is 3.91. The first kappa shape index (κ1) is 15.2. The normalized spacial score (nSPS) is 11.9. The Morgan fingerprint density at radius 1 is 1.19 bits per heavy atom. The average molecular weight is 350 g/mol. The van der Waals surface area contributed by atoms with E-state index in [1.807, 2.05) is 0 Å². The maximum absolute atomic E-state index is 11.5. The van der Waals surface area contributed by atoms with Crippen LogP contribution in [0.4, 0.5) is 5.69 Å². The van der Waals surface area contributed by atoms with Crippen molar-refractivity contribution in [1.29, 1.82) is 0 Å². The van der Waals surface area contributed by atoms with Crippen LogP contribution in [0.5, 0.6) is 0 Å². The lowest BCUT2D eigenvalue weighted by Gasteiger charge is -2.14. The number of hydrogen-bond acceptors (Lipinski definition) is 3. The Hall–Kier alpha value is -2.21. The molecule has 6 heteroatoms. The van der Waals surface area contributed by atoms with Gasteiger partial charge in [0.25, 0.3) is 5.69 Å². The van der Waals surface area contributed by atoms with Gasteiger partial charge < -0.3 is 5.11 Å². The van der Waals surface area contributed by atoms with Gasteiger partial charge in [0, 0.05) is 16.1 Å². The van der Waals surface area contributed by atoms with Crippen LogP contribution in [-0.4, -0.2) is 16.0 Å². The van der Waals surface area contributed by atoms with Crippen LogP contribution in [0.3, 0.4) is 0 Å². The Morgan fingerprint density at radius 2 is 1.81 bits per heavy atom. The molecule has 0 aliphatic carbocycles. The number of nitrogens with zero attached hydrogens (tertiary/aromatic N) is 1. The Labute approximate surface area is 129 Å². The molecule has 0 saturated carbocycles. The SMILES string of the molecule is O=C(O)C(Cc1ccccc1[N+](=O)[O-])c1ccccc1Br. The van der Waals surface area contributed by atoms with Gasteiger partial charge in [-0.2, -0.15) is 0 Å². The minimum absolute atomic E-state index is 0.0594. The molecule has 1 N–H and O–H groups in total. The van der Waals surface area contributed by atoms with Crippen molar-refractivity contribution in [2.75, 3.05) is 0 Å². The van der Waals surface area contributed by atoms with E-state index < -0.39 is 16.8 Å². The van der Waals surface area contributed by atoms with E-state index in [1.165, 1.54) is 6.07 Å². The van der Waals surface area contributed by atoms with Crippen LogP contribution in [0.25, 0.3) is 0 Å². The van der Waals surface area contributed by atoms with E-state index in [4.69, 9.17) is 0 Å². The number of para-hydroxylation sites is 1. The zero-order chi connectivity index (χ0) is 15.4. The van der Waals surface area contributed by atoms with Gasteiger partial charge in [0.1, 0.15) is 0 Å². The summed E-state index contributed by atoms with van der Waals surface area (Å²) in [6.07, 6.45) is 0.0646. The van der Waals surface area contributed by atoms with Gasteiger partial charge in [0.2, 0.25) is 0 Å². The summed E-state index contributed by atoms with van der Waals surface area (Å²) in [5.74, 6) is -1.86. The van der Waals surface area contributed by atoms with Gasteiger partial charge in [-0.1, -0.05) is 52.3 Å². The molecule has 0 radical (unpaired) electrons. The number of halogens is 1. The van der Waals surface area contributed by atoms with Crippen molar-refractivity contribution in [3.8, 4) is 0 Å². The quantitative estimate of drug-likeness (QED) is 0.658. The van der Waals surface area contributed by atoms with Gasteiger partial charge in [-0.05, 0) is 18.1 Å². The molecule has 0 bridgehead atoms. The van der Waals surface area contributed by atoms with E-state index in [1.54, 1.807) is 42.5 Å². The van der Waals surface area contributed by atoms with Gasteiger partial charge >= 0.3 is 5.97 Å². The van der Waals surface area contributed by atoms with Crippen LogP contribution < -0.4 is 0 Å². The minimum Gasteiger partial charge on any atom is -0.481 e. The highest BCUT2D eigenvalue weighted by Crippen LogP contribution is 2.30. The molecule has 0 aliphatic rings. The van der Waals surface area contributed by atoms with Crippen molar-refractivity contribution in [1.82, 2.24) is 0 Å². The Balaban J connectivity index is 2.41. The van der Waals surface area contributed by atoms with Crippen molar-refractivity contribution < 1.29 is 14.8 Å². The van der Waals surface area contributed by atoms with Gasteiger partial charge in [-0.3, -0.25) is 14.9 Å². The Bertz CT molecular complexity index is 687. The summed E-state index contributed by atoms with van der Waals surface area (Å²) >= 11 is 3.33. The number of carboxylic acids is 1. The number of carboxylic acid groups (broad SMARTS) is 1. The lowest BCUT2D eigenvalue weighted by molar-refractivity contribution is -0.385. The van der Waals surface area contributed by atoms with Crippen LogP contribution >= 0.6 is 15.9 Å². The number of nitro groups is 1. The fourth-order valence-electron chi connectivity index (χ4n) is 2.17. The summed E-state index contributed by atoms with van der Waals surface area (Å²) in [6, 6.07) is 13.2. The van der Waals surface area contributed by atoms with E-state index in [2.05, 4.69) is 15.9 Å². The lowest BCUT2D eigenvalue weighted by Crippen LogP contribution is -2.15. The van der Waals surface area contributed by atoms with Gasteiger partial charge in [-0.15, -0.1) is 0 Å². The molecule has 21 heavy (non-hydrogen) atoms. The molecular formula is C15H12BrNO4. The minimum atomic E-state index is -1.01. The molecule has 0 aromatic heterocycles. The second kappa shape index (κ2) is 6.49. The number of nitro benzene ring substituents is 1. The number of aliphatic carboxylic acids is 1. The number of carbonyl (C=O) groups is 1. The standard InChI is InChI=1S/C15H12BrNO4/c16-13-7-3-2-6-11(13)12(15(18)19)9-10-5-1-4-8-14(10)17(20)21/h1-8,12H,9H2,(H,18,19). The van der Waals surface area contributed by atoms with Gasteiger partial charge in [0.05, 0.1) is 10.8 Å². The third kappa shape index (κ3) is 3.46. The first-order chi connectivity index (χ1) is 10.0. The predicted molar refractivity (Wildman–Crippen MR) is 81.3 cm³/mol. The Morgan fingerprint density at radius 3 is 2.43 bits per heavy atom. The largest absolute Gasteiger partial charge is 0.481 e. The van der Waals surface area contributed by atoms with E-state index in [9.17, 15) is 20.0 Å². The van der Waals surface area contributed by atoms with Crippen molar-refractivity contribution >= 4 is 27.6 Å². The monoisotopic (exact) mass is 349 g/mol. The highest BCUT2D eigenvalue weighted by molar-refractivity contribution is 9.10. The fourth-order valence-corrected chi connectivity index (χ4v) is 2.73. The van der Waals surface area contributed by atoms with Crippen molar-refractivity contribution in [3.63, 3.8) is 0 Å². The molecule has 108 valence electrons. The molecule has 0 aliphatic heterocycles. The van der Waals surface area contributed by atoms with Crippen molar-refractivity contribution in [2.45, 2.75) is 12.3 Å². The van der Waals surface area contributed by atoms with Crippen LogP contribution in [0, 0.1) is 10.1 Å². The fraction of sp³-hybridized carbons (Fsp3) is 0.133. The molecule has 0 amide bonds. The predicted octanol–water partition coefficient (Wildman–Crippen LogP) is 3.77. The molecule has 2 rings (SSSR count). The van der Waals surface area contributed by atoms with E-state index >= 15 is 0 Å². The highest BCUT2D eigenvalue weighted by atomic mass is 79.9. The summed E-state index contributed by atoms with van der Waals surface area (Å²) in [6.45, 7) is 0. The third-order valence-electron chi connectivity index (χ3n) is 3.19. The number of rotatable bonds is 5. The molecule has 0 saturated heterocycles. The highest BCUT2D eigenvalue weighted by Gasteiger charge is 2.25. The summed E-state index contributed by atoms with van der Waals surface area (Å²) < 4.78 is 0.677. The first-order valence-electron chi connectivity index (χ1n) is 6.20.